The Morgan fingerprint density at radius 2 is 1.95 bits per heavy atom. The van der Waals surface area contributed by atoms with Crippen LogP contribution in [-0.4, -0.2) is 14.2 Å². The smallest absolute Gasteiger partial charge is 0.134 e. The standard InChI is InChI=1S/C16H18O3/c1-17-12-8-6-11(7-9-12)16-10-13-14(18-2)4-3-5-15(13)19-16/h6-10,14H,3-5H2,1-2H3. The van der Waals surface area contributed by atoms with Crippen molar-refractivity contribution in [2.24, 2.45) is 0 Å². The Bertz CT molecular complexity index is 554. The maximum atomic E-state index is 5.98. The fraction of sp³-hybridized carbons (Fsp3) is 0.375. The Morgan fingerprint density at radius 3 is 2.63 bits per heavy atom. The molecule has 19 heavy (non-hydrogen) atoms. The van der Waals surface area contributed by atoms with Gasteiger partial charge in [-0.3, -0.25) is 0 Å². The number of hydrogen-bond donors (Lipinski definition) is 0. The van der Waals surface area contributed by atoms with E-state index in [1.807, 2.05) is 24.3 Å². The summed E-state index contributed by atoms with van der Waals surface area (Å²) in [5.41, 5.74) is 2.28. The van der Waals surface area contributed by atoms with E-state index in [1.54, 1.807) is 14.2 Å². The molecular weight excluding hydrogens is 240 g/mol. The van der Waals surface area contributed by atoms with Crippen molar-refractivity contribution in [3.05, 3.63) is 41.7 Å². The second-order valence-electron chi connectivity index (χ2n) is 4.83. The first-order valence-electron chi connectivity index (χ1n) is 6.61. The van der Waals surface area contributed by atoms with Crippen molar-refractivity contribution in [1.82, 2.24) is 0 Å². The molecule has 0 amide bonds. The highest BCUT2D eigenvalue weighted by Gasteiger charge is 2.24. The average molecular weight is 258 g/mol. The third kappa shape index (κ3) is 2.26. The van der Waals surface area contributed by atoms with E-state index < -0.39 is 0 Å². The summed E-state index contributed by atoms with van der Waals surface area (Å²) in [5.74, 6) is 2.84. The lowest BCUT2D eigenvalue weighted by molar-refractivity contribution is 0.0858. The van der Waals surface area contributed by atoms with Gasteiger partial charge < -0.3 is 13.9 Å². The molecule has 0 N–H and O–H groups in total. The van der Waals surface area contributed by atoms with Gasteiger partial charge in [0.2, 0.25) is 0 Å². The molecule has 1 aromatic heterocycles. The maximum Gasteiger partial charge on any atom is 0.134 e. The van der Waals surface area contributed by atoms with Crippen LogP contribution in [0.15, 0.2) is 34.7 Å². The van der Waals surface area contributed by atoms with Gasteiger partial charge in [0.15, 0.2) is 0 Å². The molecule has 3 heteroatoms. The van der Waals surface area contributed by atoms with Crippen LogP contribution in [0.25, 0.3) is 11.3 Å². The summed E-state index contributed by atoms with van der Waals surface area (Å²) in [7, 11) is 3.43. The zero-order valence-electron chi connectivity index (χ0n) is 11.3. The molecule has 0 saturated carbocycles. The first-order valence-corrected chi connectivity index (χ1v) is 6.61. The van der Waals surface area contributed by atoms with Gasteiger partial charge in [-0.1, -0.05) is 0 Å². The van der Waals surface area contributed by atoms with E-state index in [0.717, 1.165) is 42.1 Å². The van der Waals surface area contributed by atoms with Crippen LogP contribution in [-0.2, 0) is 11.2 Å². The Hall–Kier alpha value is -1.74. The largest absolute Gasteiger partial charge is 0.497 e. The minimum absolute atomic E-state index is 0.180. The zero-order chi connectivity index (χ0) is 13.2. The molecule has 0 fully saturated rings. The molecule has 100 valence electrons. The molecule has 1 heterocycles. The summed E-state index contributed by atoms with van der Waals surface area (Å²) in [4.78, 5) is 0. The lowest BCUT2D eigenvalue weighted by Gasteiger charge is -2.19. The summed E-state index contributed by atoms with van der Waals surface area (Å²) in [6.07, 6.45) is 3.39. The van der Waals surface area contributed by atoms with Gasteiger partial charge in [0.1, 0.15) is 17.3 Å². The van der Waals surface area contributed by atoms with E-state index in [-0.39, 0.29) is 6.10 Å². The van der Waals surface area contributed by atoms with Crippen LogP contribution in [0, 0.1) is 0 Å². The number of furan rings is 1. The average Bonchev–Trinajstić information content (AvgIpc) is 2.91. The van der Waals surface area contributed by atoms with Gasteiger partial charge in [0.05, 0.1) is 13.2 Å². The molecular formula is C16H18O3. The second kappa shape index (κ2) is 5.10. The molecule has 2 aromatic rings. The number of benzene rings is 1. The Morgan fingerprint density at radius 1 is 1.16 bits per heavy atom. The Labute approximate surface area is 113 Å². The van der Waals surface area contributed by atoms with E-state index in [2.05, 4.69) is 6.07 Å². The van der Waals surface area contributed by atoms with Gasteiger partial charge in [-0.2, -0.15) is 0 Å². The van der Waals surface area contributed by atoms with Gasteiger partial charge >= 0.3 is 0 Å². The minimum Gasteiger partial charge on any atom is -0.497 e. The Kier molecular flexibility index (Phi) is 3.30. The zero-order valence-corrected chi connectivity index (χ0v) is 11.3. The predicted molar refractivity (Wildman–Crippen MR) is 73.4 cm³/mol. The second-order valence-corrected chi connectivity index (χ2v) is 4.83. The molecule has 0 aliphatic heterocycles. The van der Waals surface area contributed by atoms with Crippen LogP contribution < -0.4 is 4.74 Å². The van der Waals surface area contributed by atoms with Crippen molar-refractivity contribution < 1.29 is 13.9 Å². The van der Waals surface area contributed by atoms with Crippen LogP contribution in [0.4, 0.5) is 0 Å². The lowest BCUT2D eigenvalue weighted by Crippen LogP contribution is -2.08. The number of rotatable bonds is 3. The molecule has 0 spiro atoms. The lowest BCUT2D eigenvalue weighted by atomic mass is 9.95. The summed E-state index contributed by atoms with van der Waals surface area (Å²) in [5, 5.41) is 0. The third-order valence-corrected chi connectivity index (χ3v) is 3.72. The Balaban J connectivity index is 1.95. The van der Waals surface area contributed by atoms with Crippen molar-refractivity contribution in [3.63, 3.8) is 0 Å². The molecule has 0 saturated heterocycles. The summed E-state index contributed by atoms with van der Waals surface area (Å²) < 4.78 is 16.7. The summed E-state index contributed by atoms with van der Waals surface area (Å²) in [6.45, 7) is 0. The van der Waals surface area contributed by atoms with Crippen LogP contribution in [0.1, 0.15) is 30.3 Å². The number of fused-ring (bicyclic) bond motifs is 1. The number of methoxy groups -OCH3 is 2. The van der Waals surface area contributed by atoms with Gasteiger partial charge in [-0.15, -0.1) is 0 Å². The highest BCUT2D eigenvalue weighted by molar-refractivity contribution is 5.60. The molecule has 1 atom stereocenters. The van der Waals surface area contributed by atoms with Gasteiger partial charge in [0.25, 0.3) is 0 Å². The normalized spacial score (nSPS) is 18.1. The quantitative estimate of drug-likeness (QED) is 0.834. The van der Waals surface area contributed by atoms with E-state index in [9.17, 15) is 0 Å². The molecule has 1 aromatic carbocycles. The van der Waals surface area contributed by atoms with Gasteiger partial charge in [0, 0.05) is 24.7 Å². The van der Waals surface area contributed by atoms with Crippen LogP contribution in [0.5, 0.6) is 5.75 Å². The van der Waals surface area contributed by atoms with E-state index in [0.29, 0.717) is 0 Å². The van der Waals surface area contributed by atoms with E-state index in [1.165, 1.54) is 5.56 Å². The van der Waals surface area contributed by atoms with Crippen LogP contribution in [0.3, 0.4) is 0 Å². The fourth-order valence-corrected chi connectivity index (χ4v) is 2.66. The SMILES string of the molecule is COc1ccc(-c2cc3c(o2)CCCC3OC)cc1. The summed E-state index contributed by atoms with van der Waals surface area (Å²) in [6, 6.07) is 10.1. The number of aryl methyl sites for hydroxylation is 1. The first kappa shape index (κ1) is 12.3. The van der Waals surface area contributed by atoms with Crippen molar-refractivity contribution in [2.75, 3.05) is 14.2 Å². The van der Waals surface area contributed by atoms with Crippen LogP contribution in [0.2, 0.25) is 0 Å². The molecule has 1 aliphatic rings. The first-order chi connectivity index (χ1) is 9.31. The predicted octanol–water partition coefficient (Wildman–Crippen LogP) is 3.98. The van der Waals surface area contributed by atoms with Crippen LogP contribution >= 0.6 is 0 Å². The minimum atomic E-state index is 0.180. The van der Waals surface area contributed by atoms with Crippen molar-refractivity contribution in [2.45, 2.75) is 25.4 Å². The maximum absolute atomic E-state index is 5.98. The van der Waals surface area contributed by atoms with Crippen molar-refractivity contribution in [3.8, 4) is 17.1 Å². The molecule has 3 nitrogen and oxygen atoms in total. The molecule has 3 rings (SSSR count). The number of ether oxygens (including phenoxy) is 2. The van der Waals surface area contributed by atoms with Crippen molar-refractivity contribution >= 4 is 0 Å². The van der Waals surface area contributed by atoms with Crippen molar-refractivity contribution in [1.29, 1.82) is 0 Å². The third-order valence-electron chi connectivity index (χ3n) is 3.72. The molecule has 1 aliphatic carbocycles. The fourth-order valence-electron chi connectivity index (χ4n) is 2.66. The topological polar surface area (TPSA) is 31.6 Å². The van der Waals surface area contributed by atoms with Gasteiger partial charge in [-0.05, 0) is 43.2 Å². The molecule has 0 bridgehead atoms. The number of hydrogen-bond acceptors (Lipinski definition) is 3. The highest BCUT2D eigenvalue weighted by atomic mass is 16.5. The molecule has 0 radical (unpaired) electrons. The summed E-state index contributed by atoms with van der Waals surface area (Å²) >= 11 is 0. The highest BCUT2D eigenvalue weighted by Crippen LogP contribution is 2.37. The van der Waals surface area contributed by atoms with E-state index in [4.69, 9.17) is 13.9 Å². The van der Waals surface area contributed by atoms with Gasteiger partial charge in [-0.25, -0.2) is 0 Å². The molecule has 1 unspecified atom stereocenters. The van der Waals surface area contributed by atoms with E-state index >= 15 is 0 Å². The monoisotopic (exact) mass is 258 g/mol.